The van der Waals surface area contributed by atoms with Crippen LogP contribution in [-0.2, 0) is 4.79 Å². The van der Waals surface area contributed by atoms with Crippen LogP contribution in [0, 0.1) is 12.3 Å². The predicted molar refractivity (Wildman–Crippen MR) is 47.7 cm³/mol. The van der Waals surface area contributed by atoms with Crippen molar-refractivity contribution in [2.75, 3.05) is 6.54 Å². The number of carbonyl (C=O) groups is 1. The van der Waals surface area contributed by atoms with Crippen molar-refractivity contribution in [3.05, 3.63) is 12.2 Å². The highest BCUT2D eigenvalue weighted by Gasteiger charge is 1.94. The van der Waals surface area contributed by atoms with Gasteiger partial charge in [-0.05, 0) is 6.92 Å². The molecule has 0 aromatic heterocycles. The van der Waals surface area contributed by atoms with Crippen LogP contribution in [0.5, 0.6) is 0 Å². The van der Waals surface area contributed by atoms with Crippen molar-refractivity contribution in [2.24, 2.45) is 0 Å². The van der Waals surface area contributed by atoms with E-state index in [1.165, 1.54) is 0 Å². The summed E-state index contributed by atoms with van der Waals surface area (Å²) in [5.74, 6) is 1.58. The molecule has 0 aromatic carbocycles. The number of carboxylic acids is 1. The molecule has 0 aromatic rings. The Labute approximate surface area is 72.5 Å². The second kappa shape index (κ2) is 6.44. The Bertz CT molecular complexity index is 203. The van der Waals surface area contributed by atoms with Gasteiger partial charge in [0.2, 0.25) is 0 Å². The van der Waals surface area contributed by atoms with Crippen LogP contribution in [0.25, 0.3) is 0 Å². The maximum absolute atomic E-state index is 10.0. The van der Waals surface area contributed by atoms with E-state index in [2.05, 4.69) is 11.2 Å². The van der Waals surface area contributed by atoms with Crippen molar-refractivity contribution >= 4 is 5.97 Å². The van der Waals surface area contributed by atoms with E-state index < -0.39 is 5.97 Å². The van der Waals surface area contributed by atoms with Crippen molar-refractivity contribution in [1.29, 1.82) is 0 Å². The fraction of sp³-hybridized carbons (Fsp3) is 0.444. The molecule has 0 rings (SSSR count). The van der Waals surface area contributed by atoms with Crippen LogP contribution in [0.2, 0.25) is 0 Å². The minimum absolute atomic E-state index is 0.230. The van der Waals surface area contributed by atoms with Crippen LogP contribution in [0.1, 0.15) is 13.3 Å². The Morgan fingerprint density at radius 3 is 3.00 bits per heavy atom. The van der Waals surface area contributed by atoms with Gasteiger partial charge in [-0.25, -0.2) is 4.79 Å². The lowest BCUT2D eigenvalue weighted by atomic mass is 10.2. The number of rotatable bonds is 5. The van der Waals surface area contributed by atoms with E-state index in [0.29, 0.717) is 13.0 Å². The third-order valence-electron chi connectivity index (χ3n) is 1.27. The van der Waals surface area contributed by atoms with E-state index >= 15 is 0 Å². The Morgan fingerprint density at radius 1 is 1.83 bits per heavy atom. The number of carboxylic acid groups (broad SMARTS) is 1. The average molecular weight is 167 g/mol. The average Bonchev–Trinajstić information content (AvgIpc) is 1.98. The zero-order chi connectivity index (χ0) is 9.40. The summed E-state index contributed by atoms with van der Waals surface area (Å²) < 4.78 is 0. The fourth-order valence-electron chi connectivity index (χ4n) is 0.678. The fourth-order valence-corrected chi connectivity index (χ4v) is 0.678. The van der Waals surface area contributed by atoms with Crippen molar-refractivity contribution < 1.29 is 9.90 Å². The molecule has 0 saturated carbocycles. The summed E-state index contributed by atoms with van der Waals surface area (Å²) in [5.41, 5.74) is 0. The van der Waals surface area contributed by atoms with Crippen LogP contribution < -0.4 is 5.32 Å². The first-order valence-electron chi connectivity index (χ1n) is 3.73. The van der Waals surface area contributed by atoms with E-state index in [9.17, 15) is 4.79 Å². The topological polar surface area (TPSA) is 49.3 Å². The molecule has 0 aliphatic rings. The van der Waals surface area contributed by atoms with Gasteiger partial charge in [-0.15, -0.1) is 12.3 Å². The zero-order valence-corrected chi connectivity index (χ0v) is 7.08. The van der Waals surface area contributed by atoms with E-state index in [-0.39, 0.29) is 6.04 Å². The molecule has 12 heavy (non-hydrogen) atoms. The summed E-state index contributed by atoms with van der Waals surface area (Å²) >= 11 is 0. The molecule has 3 nitrogen and oxygen atoms in total. The summed E-state index contributed by atoms with van der Waals surface area (Å²) in [4.78, 5) is 10.0. The van der Waals surface area contributed by atoms with Gasteiger partial charge in [0, 0.05) is 25.1 Å². The van der Waals surface area contributed by atoms with Gasteiger partial charge in [-0.2, -0.15) is 0 Å². The van der Waals surface area contributed by atoms with Gasteiger partial charge < -0.3 is 10.4 Å². The molecule has 3 heteroatoms. The van der Waals surface area contributed by atoms with Crippen LogP contribution >= 0.6 is 0 Å². The lowest BCUT2D eigenvalue weighted by Crippen LogP contribution is -2.25. The second-order valence-electron chi connectivity index (χ2n) is 2.46. The van der Waals surface area contributed by atoms with Crippen molar-refractivity contribution in [1.82, 2.24) is 5.32 Å². The molecule has 0 bridgehead atoms. The first kappa shape index (κ1) is 10.7. The standard InChI is InChI=1S/C9H13NO2/c1-3-5-8(2)10-7-4-6-9(11)12/h1,4,6,8,10H,5,7H2,2H3,(H,11,12)/b6-4+. The van der Waals surface area contributed by atoms with Gasteiger partial charge in [-0.1, -0.05) is 6.08 Å². The predicted octanol–water partition coefficient (Wildman–Crippen LogP) is 0.629. The maximum Gasteiger partial charge on any atom is 0.328 e. The molecule has 0 saturated heterocycles. The number of hydrogen-bond acceptors (Lipinski definition) is 2. The zero-order valence-electron chi connectivity index (χ0n) is 7.08. The molecule has 0 amide bonds. The molecule has 0 fully saturated rings. The molecular weight excluding hydrogens is 154 g/mol. The first-order valence-corrected chi connectivity index (χ1v) is 3.73. The number of terminal acetylenes is 1. The van der Waals surface area contributed by atoms with E-state index in [1.54, 1.807) is 6.08 Å². The van der Waals surface area contributed by atoms with Crippen molar-refractivity contribution in [3.8, 4) is 12.3 Å². The lowest BCUT2D eigenvalue weighted by molar-refractivity contribution is -0.131. The molecule has 0 aliphatic heterocycles. The van der Waals surface area contributed by atoms with Gasteiger partial charge in [0.25, 0.3) is 0 Å². The SMILES string of the molecule is C#CCC(C)NC/C=C/C(=O)O. The largest absolute Gasteiger partial charge is 0.478 e. The van der Waals surface area contributed by atoms with Crippen molar-refractivity contribution in [2.45, 2.75) is 19.4 Å². The number of nitrogens with one attached hydrogen (secondary N) is 1. The van der Waals surface area contributed by atoms with Gasteiger partial charge >= 0.3 is 5.97 Å². The molecule has 0 heterocycles. The van der Waals surface area contributed by atoms with Crippen LogP contribution in [0.4, 0.5) is 0 Å². The van der Waals surface area contributed by atoms with Crippen molar-refractivity contribution in [3.63, 3.8) is 0 Å². The summed E-state index contributed by atoms with van der Waals surface area (Å²) in [6.07, 6.45) is 8.39. The van der Waals surface area contributed by atoms with Gasteiger partial charge in [0.15, 0.2) is 0 Å². The van der Waals surface area contributed by atoms with Crippen LogP contribution in [-0.4, -0.2) is 23.7 Å². The van der Waals surface area contributed by atoms with Gasteiger partial charge in [0.05, 0.1) is 0 Å². The molecule has 0 spiro atoms. The Kier molecular flexibility index (Phi) is 5.76. The van der Waals surface area contributed by atoms with Gasteiger partial charge in [-0.3, -0.25) is 0 Å². The minimum atomic E-state index is -0.929. The maximum atomic E-state index is 10.0. The summed E-state index contributed by atoms with van der Waals surface area (Å²) in [6.45, 7) is 2.49. The molecule has 0 aliphatic carbocycles. The van der Waals surface area contributed by atoms with E-state index in [1.807, 2.05) is 6.92 Å². The van der Waals surface area contributed by atoms with Gasteiger partial charge in [0.1, 0.15) is 0 Å². The Morgan fingerprint density at radius 2 is 2.50 bits per heavy atom. The second-order valence-corrected chi connectivity index (χ2v) is 2.46. The Balaban J connectivity index is 3.44. The monoisotopic (exact) mass is 167 g/mol. The van der Waals surface area contributed by atoms with Crippen LogP contribution in [0.15, 0.2) is 12.2 Å². The first-order chi connectivity index (χ1) is 5.66. The molecule has 1 unspecified atom stereocenters. The third kappa shape index (κ3) is 6.84. The molecule has 0 radical (unpaired) electrons. The number of hydrogen-bond donors (Lipinski definition) is 2. The molecular formula is C9H13NO2. The third-order valence-corrected chi connectivity index (χ3v) is 1.27. The normalized spacial score (nSPS) is 12.7. The van der Waals surface area contributed by atoms with E-state index in [0.717, 1.165) is 6.08 Å². The Hall–Kier alpha value is -1.27. The highest BCUT2D eigenvalue weighted by atomic mass is 16.4. The smallest absolute Gasteiger partial charge is 0.328 e. The quantitative estimate of drug-likeness (QED) is 0.466. The van der Waals surface area contributed by atoms with Crippen LogP contribution in [0.3, 0.4) is 0 Å². The molecule has 1 atom stereocenters. The molecule has 66 valence electrons. The van der Waals surface area contributed by atoms with E-state index in [4.69, 9.17) is 11.5 Å². The lowest BCUT2D eigenvalue weighted by Gasteiger charge is -2.06. The highest BCUT2D eigenvalue weighted by molar-refractivity contribution is 5.79. The summed E-state index contributed by atoms with van der Waals surface area (Å²) in [5, 5.41) is 11.3. The summed E-state index contributed by atoms with van der Waals surface area (Å²) in [6, 6.07) is 0.230. The summed E-state index contributed by atoms with van der Waals surface area (Å²) in [7, 11) is 0. The highest BCUT2D eigenvalue weighted by Crippen LogP contribution is 1.86. The number of aliphatic carboxylic acids is 1. The minimum Gasteiger partial charge on any atom is -0.478 e. The molecule has 2 N–H and O–H groups in total.